The molecule has 3 aromatic rings. The lowest BCUT2D eigenvalue weighted by Crippen LogP contribution is -2.28. The van der Waals surface area contributed by atoms with Gasteiger partial charge in [-0.3, -0.25) is 0 Å². The molecule has 0 bridgehead atoms. The number of benzene rings is 1. The summed E-state index contributed by atoms with van der Waals surface area (Å²) in [5.74, 6) is 0.398. The number of ether oxygens (including phenoxy) is 1. The zero-order chi connectivity index (χ0) is 26.3. The maximum atomic E-state index is 13.0. The van der Waals surface area contributed by atoms with Crippen molar-refractivity contribution in [2.45, 2.75) is 64.1 Å². The quantitative estimate of drug-likeness (QED) is 0.391. The van der Waals surface area contributed by atoms with Gasteiger partial charge in [0.15, 0.2) is 6.61 Å². The van der Waals surface area contributed by atoms with E-state index in [4.69, 9.17) is 14.1 Å². The van der Waals surface area contributed by atoms with Crippen molar-refractivity contribution < 1.29 is 31.8 Å². The molecule has 0 amide bonds. The van der Waals surface area contributed by atoms with Gasteiger partial charge in [0.1, 0.15) is 18.1 Å². The van der Waals surface area contributed by atoms with Crippen LogP contribution in [0.4, 0.5) is 23.6 Å². The van der Waals surface area contributed by atoms with Gasteiger partial charge in [-0.2, -0.15) is 13.2 Å². The molecule has 0 radical (unpaired) electrons. The number of rotatable bonds is 7. The van der Waals surface area contributed by atoms with E-state index in [9.17, 15) is 22.7 Å². The summed E-state index contributed by atoms with van der Waals surface area (Å²) in [6.45, 7) is 5.99. The summed E-state index contributed by atoms with van der Waals surface area (Å²) in [6.07, 6.45) is -2.95. The van der Waals surface area contributed by atoms with Gasteiger partial charge in [-0.05, 0) is 66.8 Å². The fourth-order valence-electron chi connectivity index (χ4n) is 4.53. The number of aromatic nitrogens is 3. The lowest BCUT2D eigenvalue weighted by molar-refractivity contribution is -0.153. The van der Waals surface area contributed by atoms with Crippen LogP contribution in [0, 0.1) is 12.8 Å². The van der Waals surface area contributed by atoms with Crippen molar-refractivity contribution in [1.82, 2.24) is 15.2 Å². The maximum Gasteiger partial charge on any atom is 0.422 e. The Labute approximate surface area is 206 Å². The van der Waals surface area contributed by atoms with E-state index in [-0.39, 0.29) is 23.6 Å². The Morgan fingerprint density at radius 3 is 2.58 bits per heavy atom. The third-order valence-electron chi connectivity index (χ3n) is 6.43. The van der Waals surface area contributed by atoms with Crippen molar-refractivity contribution in [2.75, 3.05) is 25.1 Å². The number of fused-ring (bicyclic) bond motifs is 1. The fourth-order valence-corrected chi connectivity index (χ4v) is 4.53. The zero-order valence-electron chi connectivity index (χ0n) is 20.7. The highest BCUT2D eigenvalue weighted by Gasteiger charge is 2.37. The number of nitrogens with one attached hydrogen (secondary N) is 1. The molecule has 0 saturated heterocycles. The second kappa shape index (κ2) is 9.49. The summed E-state index contributed by atoms with van der Waals surface area (Å²) in [5, 5.41) is 21.9. The first kappa shape index (κ1) is 26.1. The number of halogens is 4. The average molecular weight is 511 g/mol. The first-order valence-corrected chi connectivity index (χ1v) is 11.8. The molecule has 7 nitrogen and oxygen atoms in total. The van der Waals surface area contributed by atoms with Crippen molar-refractivity contribution in [3.8, 4) is 17.3 Å². The summed E-state index contributed by atoms with van der Waals surface area (Å²) in [4.78, 5) is 4.73. The molecule has 4 rings (SSSR count). The fraction of sp³-hybridized carbons (Fsp3) is 0.560. The lowest BCUT2D eigenvalue weighted by Gasteiger charge is -2.23. The number of aryl methyl sites for hydroxylation is 1. The van der Waals surface area contributed by atoms with Crippen molar-refractivity contribution in [3.05, 3.63) is 29.3 Å². The maximum absolute atomic E-state index is 13.0. The van der Waals surface area contributed by atoms with Gasteiger partial charge in [0.05, 0.1) is 11.1 Å². The summed E-state index contributed by atoms with van der Waals surface area (Å²) in [7, 11) is 0. The molecule has 1 aliphatic rings. The number of alkyl halides is 4. The zero-order valence-corrected chi connectivity index (χ0v) is 20.7. The molecular weight excluding hydrogens is 480 g/mol. The van der Waals surface area contributed by atoms with Crippen LogP contribution in [0.1, 0.15) is 51.2 Å². The molecule has 2 N–H and O–H groups in total. The van der Waals surface area contributed by atoms with Gasteiger partial charge in [-0.1, -0.05) is 25.9 Å². The van der Waals surface area contributed by atoms with Crippen LogP contribution in [0.3, 0.4) is 0 Å². The summed E-state index contributed by atoms with van der Waals surface area (Å²) >= 11 is 0. The highest BCUT2D eigenvalue weighted by atomic mass is 19.4. The van der Waals surface area contributed by atoms with Crippen molar-refractivity contribution in [1.29, 1.82) is 0 Å². The highest BCUT2D eigenvalue weighted by molar-refractivity contribution is 5.89. The van der Waals surface area contributed by atoms with Gasteiger partial charge in [-0.15, -0.1) is 5.10 Å². The number of hydrogen-bond acceptors (Lipinski definition) is 7. The largest absolute Gasteiger partial charge is 0.484 e. The van der Waals surface area contributed by atoms with Crippen LogP contribution in [-0.4, -0.2) is 51.9 Å². The minimum Gasteiger partial charge on any atom is -0.484 e. The van der Waals surface area contributed by atoms with E-state index in [1.807, 2.05) is 27.7 Å². The molecule has 2 atom stereocenters. The van der Waals surface area contributed by atoms with E-state index in [0.717, 1.165) is 11.1 Å². The number of hydrogen-bond donors (Lipinski definition) is 2. The van der Waals surface area contributed by atoms with Gasteiger partial charge in [0, 0.05) is 11.9 Å². The topological polar surface area (TPSA) is 93.3 Å². The first-order chi connectivity index (χ1) is 16.8. The van der Waals surface area contributed by atoms with E-state index in [1.54, 1.807) is 18.2 Å². The van der Waals surface area contributed by atoms with Crippen LogP contribution in [-0.2, 0) is 5.41 Å². The predicted molar refractivity (Wildman–Crippen MR) is 127 cm³/mol. The van der Waals surface area contributed by atoms with Crippen molar-refractivity contribution in [2.24, 2.45) is 5.92 Å². The Morgan fingerprint density at radius 2 is 1.94 bits per heavy atom. The van der Waals surface area contributed by atoms with E-state index >= 15 is 0 Å². The van der Waals surface area contributed by atoms with Crippen LogP contribution in [0.5, 0.6) is 5.75 Å². The van der Waals surface area contributed by atoms with Crippen molar-refractivity contribution in [3.63, 3.8) is 0 Å². The number of aliphatic hydroxyl groups is 1. The summed E-state index contributed by atoms with van der Waals surface area (Å²) < 4.78 is 61.9. The predicted octanol–water partition coefficient (Wildman–Crippen LogP) is 5.74. The van der Waals surface area contributed by atoms with Crippen molar-refractivity contribution >= 4 is 16.9 Å². The molecule has 1 unspecified atom stereocenters. The minimum absolute atomic E-state index is 0.0882. The van der Waals surface area contributed by atoms with E-state index in [0.29, 0.717) is 42.4 Å². The van der Waals surface area contributed by atoms with Crippen LogP contribution in [0.2, 0.25) is 0 Å². The second-order valence-electron chi connectivity index (χ2n) is 10.6. The van der Waals surface area contributed by atoms with Crippen LogP contribution >= 0.6 is 0 Å². The van der Waals surface area contributed by atoms with Gasteiger partial charge < -0.3 is 19.6 Å². The van der Waals surface area contributed by atoms with Gasteiger partial charge in [0.2, 0.25) is 0 Å². The highest BCUT2D eigenvalue weighted by Crippen LogP contribution is 2.37. The molecule has 36 heavy (non-hydrogen) atoms. The number of nitrogens with zero attached hydrogens (tertiary/aromatic N) is 3. The summed E-state index contributed by atoms with van der Waals surface area (Å²) in [5.41, 5.74) is 0.854. The monoisotopic (exact) mass is 510 g/mol. The molecule has 0 aliphatic heterocycles. The van der Waals surface area contributed by atoms with Crippen LogP contribution < -0.4 is 10.1 Å². The number of anilines is 1. The average Bonchev–Trinajstić information content (AvgIpc) is 3.42. The van der Waals surface area contributed by atoms with Gasteiger partial charge >= 0.3 is 12.2 Å². The van der Waals surface area contributed by atoms with Crippen LogP contribution in [0.15, 0.2) is 22.6 Å². The molecule has 0 spiro atoms. The molecule has 1 aliphatic carbocycles. The summed E-state index contributed by atoms with van der Waals surface area (Å²) in [6, 6.07) is 5.07. The molecule has 196 valence electrons. The molecular formula is C25H30F4N4O3. The SMILES string of the molecule is Cc1cc(-c2nnc(NCC3CC[C@](O)(CF)C3)o2)nc2c(C(C)(C)C)cc(OCC(F)(F)F)cc12. The third kappa shape index (κ3) is 5.88. The third-order valence-corrected chi connectivity index (χ3v) is 6.43. The van der Waals surface area contributed by atoms with E-state index in [2.05, 4.69) is 15.5 Å². The molecule has 1 fully saturated rings. The normalized spacial score (nSPS) is 20.8. The lowest BCUT2D eigenvalue weighted by atomic mass is 9.84. The molecule has 1 aromatic carbocycles. The molecule has 11 heteroatoms. The standard InChI is InChI=1S/C25H30F4N4O3/c1-14-7-19(21-32-33-22(36-21)30-11-15-5-6-24(34,10-15)12-26)31-20-17(14)8-16(35-13-25(27,28)29)9-18(20)23(2,3)4/h7-9,15,34H,5-6,10-13H2,1-4H3,(H,30,33)/t15?,24-/m1/s1. The number of pyridine rings is 1. The van der Waals surface area contributed by atoms with E-state index < -0.39 is 30.5 Å². The Bertz CT molecular complexity index is 1240. The Hall–Kier alpha value is -2.95. The smallest absolute Gasteiger partial charge is 0.422 e. The Balaban J connectivity index is 1.60. The molecule has 2 heterocycles. The second-order valence-corrected chi connectivity index (χ2v) is 10.6. The first-order valence-electron chi connectivity index (χ1n) is 11.8. The van der Waals surface area contributed by atoms with Gasteiger partial charge in [-0.25, -0.2) is 9.37 Å². The minimum atomic E-state index is -4.44. The van der Waals surface area contributed by atoms with E-state index in [1.165, 1.54) is 0 Å². The Morgan fingerprint density at radius 1 is 1.19 bits per heavy atom. The van der Waals surface area contributed by atoms with Gasteiger partial charge in [0.25, 0.3) is 5.89 Å². The molecule has 1 saturated carbocycles. The van der Waals surface area contributed by atoms with Crippen LogP contribution in [0.25, 0.3) is 22.5 Å². The Kier molecular flexibility index (Phi) is 6.89. The molecule has 2 aromatic heterocycles.